The fraction of sp³-hybridized carbons (Fsp3) is 0.276. The van der Waals surface area contributed by atoms with Crippen molar-refractivity contribution in [3.63, 3.8) is 0 Å². The van der Waals surface area contributed by atoms with Crippen LogP contribution in [0.1, 0.15) is 30.4 Å². The lowest BCUT2D eigenvalue weighted by Gasteiger charge is -2.30. The molecule has 0 bridgehead atoms. The molecule has 1 aliphatic carbocycles. The quantitative estimate of drug-likeness (QED) is 0.594. The molecule has 1 fully saturated rings. The minimum absolute atomic E-state index is 0.0622. The van der Waals surface area contributed by atoms with Crippen LogP contribution in [0.3, 0.4) is 0 Å². The number of nitrogens with zero attached hydrogens (tertiary/aromatic N) is 2. The number of hydrogen-bond acceptors (Lipinski definition) is 3. The van der Waals surface area contributed by atoms with Crippen molar-refractivity contribution in [3.05, 3.63) is 96.1 Å². The molecule has 1 saturated carbocycles. The minimum atomic E-state index is -0.255. The van der Waals surface area contributed by atoms with E-state index in [-0.39, 0.29) is 42.6 Å². The molecule has 1 N–H and O–H groups in total. The first kappa shape index (κ1) is 22.8. The van der Waals surface area contributed by atoms with Gasteiger partial charge in [0, 0.05) is 6.04 Å². The number of carbonyl (C=O) groups is 3. The highest BCUT2D eigenvalue weighted by Gasteiger charge is 2.45. The molecule has 0 aromatic heterocycles. The number of hydrogen-bond donors (Lipinski definition) is 1. The molecule has 6 nitrogen and oxygen atoms in total. The second kappa shape index (κ2) is 10.1. The second-order valence-corrected chi connectivity index (χ2v) is 9.21. The van der Waals surface area contributed by atoms with Crippen molar-refractivity contribution in [2.45, 2.75) is 38.3 Å². The first-order valence-electron chi connectivity index (χ1n) is 12.2. The molecule has 0 spiro atoms. The molecule has 3 amide bonds. The van der Waals surface area contributed by atoms with Gasteiger partial charge in [-0.15, -0.1) is 0 Å². The average Bonchev–Trinajstić information content (AvgIpc) is 3.34. The Bertz CT molecular complexity index is 1210. The maximum Gasteiger partial charge on any atom is 0.246 e. The Hall–Kier alpha value is -3.93. The number of amides is 3. The van der Waals surface area contributed by atoms with Crippen molar-refractivity contribution in [1.29, 1.82) is 0 Å². The summed E-state index contributed by atoms with van der Waals surface area (Å²) in [7, 11) is 0. The average molecular weight is 468 g/mol. The third-order valence-corrected chi connectivity index (χ3v) is 6.92. The predicted octanol–water partition coefficient (Wildman–Crippen LogP) is 4.09. The van der Waals surface area contributed by atoms with Gasteiger partial charge in [-0.1, -0.05) is 79.2 Å². The second-order valence-electron chi connectivity index (χ2n) is 9.21. The molecule has 1 aliphatic heterocycles. The molecule has 2 atom stereocenters. The molecule has 0 saturated heterocycles. The maximum atomic E-state index is 13.7. The summed E-state index contributed by atoms with van der Waals surface area (Å²) >= 11 is 0. The zero-order valence-corrected chi connectivity index (χ0v) is 19.6. The van der Waals surface area contributed by atoms with Crippen LogP contribution < -0.4 is 15.1 Å². The summed E-state index contributed by atoms with van der Waals surface area (Å²) in [6, 6.07) is 26.8. The first-order chi connectivity index (χ1) is 17.1. The van der Waals surface area contributed by atoms with Crippen molar-refractivity contribution >= 4 is 29.1 Å². The number of nitrogens with one attached hydrogen (secondary N) is 1. The van der Waals surface area contributed by atoms with Crippen LogP contribution >= 0.6 is 0 Å². The Kier molecular flexibility index (Phi) is 6.62. The zero-order valence-electron chi connectivity index (χ0n) is 19.6. The summed E-state index contributed by atoms with van der Waals surface area (Å²) in [5.41, 5.74) is 3.40. The van der Waals surface area contributed by atoms with Crippen LogP contribution in [0.4, 0.5) is 11.4 Å². The van der Waals surface area contributed by atoms with Crippen molar-refractivity contribution in [2.75, 3.05) is 16.3 Å². The molecule has 0 unspecified atom stereocenters. The predicted molar refractivity (Wildman–Crippen MR) is 136 cm³/mol. The third-order valence-electron chi connectivity index (χ3n) is 6.92. The Balaban J connectivity index is 1.41. The van der Waals surface area contributed by atoms with Gasteiger partial charge in [0.05, 0.1) is 36.8 Å². The third kappa shape index (κ3) is 4.83. The fourth-order valence-electron chi connectivity index (χ4n) is 5.28. The van der Waals surface area contributed by atoms with Crippen molar-refractivity contribution < 1.29 is 14.4 Å². The van der Waals surface area contributed by atoms with Crippen molar-refractivity contribution in [2.24, 2.45) is 5.92 Å². The van der Waals surface area contributed by atoms with Gasteiger partial charge in [-0.25, -0.2) is 0 Å². The van der Waals surface area contributed by atoms with Gasteiger partial charge in [-0.2, -0.15) is 0 Å². The van der Waals surface area contributed by atoms with Crippen LogP contribution in [0.25, 0.3) is 0 Å². The Labute approximate surface area is 205 Å². The minimum Gasteiger partial charge on any atom is -0.347 e. The van der Waals surface area contributed by atoms with E-state index >= 15 is 0 Å². The Morgan fingerprint density at radius 2 is 1.43 bits per heavy atom. The molecule has 2 aliphatic rings. The van der Waals surface area contributed by atoms with E-state index in [2.05, 4.69) is 5.32 Å². The Morgan fingerprint density at radius 3 is 2.14 bits per heavy atom. The normalized spacial score (nSPS) is 19.0. The van der Waals surface area contributed by atoms with E-state index in [1.807, 2.05) is 89.8 Å². The van der Waals surface area contributed by atoms with E-state index in [0.717, 1.165) is 41.8 Å². The number of fused-ring (bicyclic) bond motifs is 2. The van der Waals surface area contributed by atoms with Crippen LogP contribution in [0.15, 0.2) is 84.9 Å². The summed E-state index contributed by atoms with van der Waals surface area (Å²) in [5, 5.41) is 2.79. The lowest BCUT2D eigenvalue weighted by Crippen LogP contribution is -2.48. The van der Waals surface area contributed by atoms with Gasteiger partial charge in [-0.05, 0) is 36.1 Å². The number of anilines is 2. The molecule has 35 heavy (non-hydrogen) atoms. The fourth-order valence-corrected chi connectivity index (χ4v) is 5.28. The monoisotopic (exact) mass is 467 g/mol. The maximum absolute atomic E-state index is 13.7. The van der Waals surface area contributed by atoms with Gasteiger partial charge in [0.25, 0.3) is 0 Å². The molecular weight excluding hydrogens is 438 g/mol. The van der Waals surface area contributed by atoms with E-state index in [9.17, 15) is 14.4 Å². The molecule has 178 valence electrons. The molecule has 5 rings (SSSR count). The largest absolute Gasteiger partial charge is 0.347 e. The molecule has 6 heteroatoms. The number of rotatable bonds is 6. The van der Waals surface area contributed by atoms with E-state index in [0.29, 0.717) is 6.54 Å². The highest BCUT2D eigenvalue weighted by atomic mass is 16.2. The van der Waals surface area contributed by atoms with Crippen LogP contribution in [0.5, 0.6) is 0 Å². The number of carbonyl (C=O) groups excluding carboxylic acids is 3. The highest BCUT2D eigenvalue weighted by Crippen LogP contribution is 2.43. The van der Waals surface area contributed by atoms with Crippen LogP contribution in [0.2, 0.25) is 0 Å². The zero-order chi connectivity index (χ0) is 24.2. The van der Waals surface area contributed by atoms with Gasteiger partial charge in [0.15, 0.2) is 0 Å². The molecule has 1 heterocycles. The van der Waals surface area contributed by atoms with Crippen LogP contribution in [-0.4, -0.2) is 30.3 Å². The standard InChI is InChI=1S/C29H29N3O3/c33-27(18-21-10-3-1-4-11-21)30-19-28(34)32-24-17-9-14-23(24)29(35)31(20-22-12-5-2-6-13-22)25-15-7-8-16-26(25)32/h1-8,10-13,15-16,23-24H,9,14,17-20H2,(H,30,33)/t23-,24+/m0/s1. The van der Waals surface area contributed by atoms with Gasteiger partial charge in [0.1, 0.15) is 0 Å². The SMILES string of the molecule is O=C(Cc1ccccc1)NCC(=O)N1c2ccccc2N(Cc2ccccc2)C(=O)[C@H]2CCC[C@H]21. The summed E-state index contributed by atoms with van der Waals surface area (Å²) < 4.78 is 0. The van der Waals surface area contributed by atoms with Crippen molar-refractivity contribution in [3.8, 4) is 0 Å². The van der Waals surface area contributed by atoms with Gasteiger partial charge in [0.2, 0.25) is 17.7 Å². The summed E-state index contributed by atoms with van der Waals surface area (Å²) in [6.45, 7) is 0.353. The van der Waals surface area contributed by atoms with E-state index < -0.39 is 0 Å². The summed E-state index contributed by atoms with van der Waals surface area (Å²) in [5.74, 6) is -0.579. The summed E-state index contributed by atoms with van der Waals surface area (Å²) in [6.07, 6.45) is 2.65. The number of para-hydroxylation sites is 2. The molecule has 0 radical (unpaired) electrons. The van der Waals surface area contributed by atoms with Crippen LogP contribution in [0, 0.1) is 5.92 Å². The lowest BCUT2D eigenvalue weighted by molar-refractivity contribution is -0.125. The summed E-state index contributed by atoms with van der Waals surface area (Å²) in [4.78, 5) is 43.4. The van der Waals surface area contributed by atoms with Gasteiger partial charge in [-0.3, -0.25) is 14.4 Å². The Morgan fingerprint density at radius 1 is 0.800 bits per heavy atom. The van der Waals surface area contributed by atoms with E-state index in [1.54, 1.807) is 4.90 Å². The molecule has 3 aromatic rings. The van der Waals surface area contributed by atoms with Crippen molar-refractivity contribution in [1.82, 2.24) is 5.32 Å². The molecule has 3 aromatic carbocycles. The first-order valence-corrected chi connectivity index (χ1v) is 12.2. The smallest absolute Gasteiger partial charge is 0.246 e. The number of benzene rings is 3. The van der Waals surface area contributed by atoms with E-state index in [4.69, 9.17) is 0 Å². The topological polar surface area (TPSA) is 69.7 Å². The lowest BCUT2D eigenvalue weighted by atomic mass is 10.0. The highest BCUT2D eigenvalue weighted by molar-refractivity contribution is 6.07. The van der Waals surface area contributed by atoms with Gasteiger partial charge >= 0.3 is 0 Å². The van der Waals surface area contributed by atoms with Crippen LogP contribution in [-0.2, 0) is 27.3 Å². The van der Waals surface area contributed by atoms with Gasteiger partial charge < -0.3 is 15.1 Å². The molecular formula is C29H29N3O3. The van der Waals surface area contributed by atoms with E-state index in [1.165, 1.54) is 0 Å².